The number of nitrogens with zero attached hydrogens (tertiary/aromatic N) is 2. The Bertz CT molecular complexity index is 1340. The smallest absolute Gasteiger partial charge is 0.311 e. The number of methoxy groups -OCH3 is 1. The number of aromatic hydroxyl groups is 1. The first-order chi connectivity index (χ1) is 16.2. The molecule has 178 valence electrons. The van der Waals surface area contributed by atoms with Gasteiger partial charge in [-0.3, -0.25) is 4.79 Å². The number of aromatic amines is 1. The largest absolute Gasteiger partial charge is 0.507 e. The van der Waals surface area contributed by atoms with Crippen molar-refractivity contribution in [3.8, 4) is 5.75 Å². The minimum Gasteiger partial charge on any atom is -0.507 e. The Labute approximate surface area is 205 Å². The van der Waals surface area contributed by atoms with Crippen molar-refractivity contribution >= 4 is 45.1 Å². The second-order valence-corrected chi connectivity index (χ2v) is 10.8. The lowest BCUT2D eigenvalue weighted by Gasteiger charge is -2.54. The van der Waals surface area contributed by atoms with Crippen molar-refractivity contribution in [3.05, 3.63) is 51.2 Å². The molecule has 0 saturated heterocycles. The standard InChI is InChI=1S/C26H27BrFN3O3/c1-25-9-4-10-26(2,23(33)34-3)20(25)8-7-16-17(25)12-18(27)22-21(16)30-24(31-22)29-13-14-5-6-15(28)11-19(14)32/h5-6,11-13,20,32H,4,7-10H2,1-3H3,(H,30,31)/b29-13+/t20-,25-,26-/m1/s1. The number of halogens is 2. The van der Waals surface area contributed by atoms with Crippen molar-refractivity contribution in [3.63, 3.8) is 0 Å². The van der Waals surface area contributed by atoms with Crippen LogP contribution in [0.2, 0.25) is 0 Å². The summed E-state index contributed by atoms with van der Waals surface area (Å²) in [7, 11) is 1.48. The first kappa shape index (κ1) is 23.0. The van der Waals surface area contributed by atoms with Gasteiger partial charge in [0.05, 0.1) is 18.0 Å². The molecule has 0 aliphatic heterocycles. The van der Waals surface area contributed by atoms with Crippen LogP contribution in [0.5, 0.6) is 5.75 Å². The van der Waals surface area contributed by atoms with Crippen molar-refractivity contribution in [1.29, 1.82) is 0 Å². The maximum atomic E-state index is 13.3. The minimum atomic E-state index is -0.508. The molecule has 3 atom stereocenters. The summed E-state index contributed by atoms with van der Waals surface area (Å²) in [5.74, 6) is -0.201. The number of H-pyrrole nitrogens is 1. The number of fused-ring (bicyclic) bond motifs is 5. The molecule has 2 aromatic carbocycles. The van der Waals surface area contributed by atoms with Gasteiger partial charge < -0.3 is 14.8 Å². The number of aromatic nitrogens is 2. The van der Waals surface area contributed by atoms with Crippen LogP contribution in [0.1, 0.15) is 56.2 Å². The van der Waals surface area contributed by atoms with E-state index >= 15 is 0 Å². The van der Waals surface area contributed by atoms with Gasteiger partial charge in [0.2, 0.25) is 5.95 Å². The van der Waals surface area contributed by atoms with Crippen LogP contribution >= 0.6 is 15.9 Å². The number of aliphatic imine (C=N–C) groups is 1. The Kier molecular flexibility index (Phi) is 5.54. The summed E-state index contributed by atoms with van der Waals surface area (Å²) >= 11 is 3.71. The number of benzene rings is 2. The Balaban J connectivity index is 1.57. The summed E-state index contributed by atoms with van der Waals surface area (Å²) in [5, 5.41) is 9.95. The molecule has 1 aromatic heterocycles. The Morgan fingerprint density at radius 3 is 2.88 bits per heavy atom. The number of carbonyl (C=O) groups excluding carboxylic acids is 1. The van der Waals surface area contributed by atoms with E-state index in [4.69, 9.17) is 4.74 Å². The minimum absolute atomic E-state index is 0.116. The molecule has 0 amide bonds. The summed E-state index contributed by atoms with van der Waals surface area (Å²) in [5.41, 5.74) is 3.94. The molecule has 2 aliphatic carbocycles. The topological polar surface area (TPSA) is 87.6 Å². The normalized spacial score (nSPS) is 26.4. The van der Waals surface area contributed by atoms with E-state index < -0.39 is 11.2 Å². The zero-order chi connectivity index (χ0) is 24.3. The quantitative estimate of drug-likeness (QED) is 0.318. The fourth-order valence-corrected chi connectivity index (χ4v) is 6.87. The maximum Gasteiger partial charge on any atom is 0.311 e. The van der Waals surface area contributed by atoms with Crippen molar-refractivity contribution in [2.45, 2.75) is 51.4 Å². The highest BCUT2D eigenvalue weighted by molar-refractivity contribution is 9.10. The third kappa shape index (κ3) is 3.45. The van der Waals surface area contributed by atoms with E-state index in [0.717, 1.165) is 53.7 Å². The first-order valence-electron chi connectivity index (χ1n) is 11.5. The summed E-state index contributed by atoms with van der Waals surface area (Å²) in [6, 6.07) is 5.95. The predicted molar refractivity (Wildman–Crippen MR) is 132 cm³/mol. The summed E-state index contributed by atoms with van der Waals surface area (Å²) in [6.07, 6.45) is 6.01. The highest BCUT2D eigenvalue weighted by atomic mass is 79.9. The van der Waals surface area contributed by atoms with Crippen LogP contribution < -0.4 is 0 Å². The second kappa shape index (κ2) is 8.18. The lowest BCUT2D eigenvalue weighted by Crippen LogP contribution is -2.52. The van der Waals surface area contributed by atoms with E-state index in [1.165, 1.54) is 36.6 Å². The van der Waals surface area contributed by atoms with Crippen LogP contribution in [0.4, 0.5) is 10.3 Å². The molecule has 5 rings (SSSR count). The average molecular weight is 528 g/mol. The fraction of sp³-hybridized carbons (Fsp3) is 0.423. The van der Waals surface area contributed by atoms with Gasteiger partial charge in [0.1, 0.15) is 17.1 Å². The van der Waals surface area contributed by atoms with Crippen molar-refractivity contribution < 1.29 is 19.0 Å². The van der Waals surface area contributed by atoms with E-state index in [0.29, 0.717) is 11.5 Å². The van der Waals surface area contributed by atoms with Crippen LogP contribution in [0.15, 0.2) is 33.7 Å². The predicted octanol–water partition coefficient (Wildman–Crippen LogP) is 6.10. The van der Waals surface area contributed by atoms with E-state index in [2.05, 4.69) is 50.8 Å². The van der Waals surface area contributed by atoms with Gasteiger partial charge in [0.15, 0.2) is 0 Å². The fourth-order valence-electron chi connectivity index (χ4n) is 6.36. The third-order valence-electron chi connectivity index (χ3n) is 8.01. The van der Waals surface area contributed by atoms with Crippen LogP contribution in [0, 0.1) is 17.2 Å². The molecule has 2 N–H and O–H groups in total. The molecule has 1 heterocycles. The average Bonchev–Trinajstić information content (AvgIpc) is 3.23. The molecule has 0 spiro atoms. The molecule has 2 aliphatic rings. The van der Waals surface area contributed by atoms with Crippen LogP contribution in [0.3, 0.4) is 0 Å². The van der Waals surface area contributed by atoms with Gasteiger partial charge >= 0.3 is 5.97 Å². The zero-order valence-corrected chi connectivity index (χ0v) is 21.0. The lowest BCUT2D eigenvalue weighted by atomic mass is 9.50. The number of phenols is 1. The van der Waals surface area contributed by atoms with Gasteiger partial charge in [-0.15, -0.1) is 0 Å². The SMILES string of the molecule is COC(=O)[C@]1(C)CCC[C@]2(C)c3cc(Br)c4nc(/N=C/c5ccc(F)cc5O)[nH]c4c3CC[C@@H]12. The molecule has 0 bridgehead atoms. The number of phenolic OH excluding ortho intramolecular Hbond substituents is 1. The number of esters is 1. The second-order valence-electron chi connectivity index (χ2n) is 9.90. The van der Waals surface area contributed by atoms with Gasteiger partial charge in [0.25, 0.3) is 0 Å². The van der Waals surface area contributed by atoms with Crippen LogP contribution in [0.25, 0.3) is 11.0 Å². The number of nitrogens with one attached hydrogen (secondary N) is 1. The molecule has 8 heteroatoms. The molecule has 6 nitrogen and oxygen atoms in total. The Morgan fingerprint density at radius 2 is 2.15 bits per heavy atom. The zero-order valence-electron chi connectivity index (χ0n) is 19.4. The molecule has 1 fully saturated rings. The monoisotopic (exact) mass is 527 g/mol. The summed E-state index contributed by atoms with van der Waals surface area (Å²) in [4.78, 5) is 25.2. The Morgan fingerprint density at radius 1 is 1.35 bits per heavy atom. The Hall–Kier alpha value is -2.74. The number of aryl methyl sites for hydroxylation is 1. The molecule has 0 unspecified atom stereocenters. The van der Waals surface area contributed by atoms with Crippen LogP contribution in [-0.4, -0.2) is 34.4 Å². The van der Waals surface area contributed by atoms with Crippen molar-refractivity contribution in [1.82, 2.24) is 9.97 Å². The van der Waals surface area contributed by atoms with E-state index in [1.807, 2.05) is 0 Å². The van der Waals surface area contributed by atoms with Gasteiger partial charge in [-0.2, -0.15) is 0 Å². The van der Waals surface area contributed by atoms with E-state index in [9.17, 15) is 14.3 Å². The van der Waals surface area contributed by atoms with Gasteiger partial charge in [0, 0.05) is 22.3 Å². The van der Waals surface area contributed by atoms with Crippen molar-refractivity contribution in [2.24, 2.45) is 16.3 Å². The lowest BCUT2D eigenvalue weighted by molar-refractivity contribution is -0.161. The third-order valence-corrected chi connectivity index (χ3v) is 8.62. The van der Waals surface area contributed by atoms with Gasteiger partial charge in [-0.05, 0) is 89.2 Å². The van der Waals surface area contributed by atoms with Gasteiger partial charge in [-0.1, -0.05) is 13.3 Å². The number of rotatable bonds is 3. The highest BCUT2D eigenvalue weighted by Gasteiger charge is 2.56. The first-order valence-corrected chi connectivity index (χ1v) is 12.3. The van der Waals surface area contributed by atoms with Crippen LogP contribution in [-0.2, 0) is 21.4 Å². The number of ether oxygens (including phenoxy) is 1. The maximum absolute atomic E-state index is 13.3. The molecule has 3 aromatic rings. The molecule has 0 radical (unpaired) electrons. The number of hydrogen-bond donors (Lipinski definition) is 2. The summed E-state index contributed by atoms with van der Waals surface area (Å²) < 4.78 is 19.4. The molecular formula is C26H27BrFN3O3. The number of hydrogen-bond acceptors (Lipinski definition) is 5. The van der Waals surface area contributed by atoms with Gasteiger partial charge in [-0.25, -0.2) is 14.4 Å². The summed E-state index contributed by atoms with van der Waals surface area (Å²) in [6.45, 7) is 4.34. The molecule has 1 saturated carbocycles. The van der Waals surface area contributed by atoms with E-state index in [1.54, 1.807) is 0 Å². The molecule has 34 heavy (non-hydrogen) atoms. The van der Waals surface area contributed by atoms with Crippen molar-refractivity contribution in [2.75, 3.05) is 7.11 Å². The number of carbonyl (C=O) groups is 1. The van der Waals surface area contributed by atoms with E-state index in [-0.39, 0.29) is 23.1 Å². The number of imidazole rings is 1. The highest BCUT2D eigenvalue weighted by Crippen LogP contribution is 2.58. The molecular weight excluding hydrogens is 501 g/mol.